The first kappa shape index (κ1) is 20.3. The van der Waals surface area contributed by atoms with E-state index in [1.165, 1.54) is 7.11 Å². The molecule has 0 aliphatic carbocycles. The van der Waals surface area contributed by atoms with E-state index in [9.17, 15) is 4.79 Å². The summed E-state index contributed by atoms with van der Waals surface area (Å²) in [6, 6.07) is -0.219. The van der Waals surface area contributed by atoms with Crippen LogP contribution in [0.1, 0.15) is 40.5 Å². The van der Waals surface area contributed by atoms with E-state index in [4.69, 9.17) is 4.74 Å². The van der Waals surface area contributed by atoms with Crippen LogP contribution in [0.25, 0.3) is 0 Å². The van der Waals surface area contributed by atoms with Crippen LogP contribution in [0, 0.1) is 0 Å². The molecular formula is C16H35N3O2. The van der Waals surface area contributed by atoms with Gasteiger partial charge in [-0.1, -0.05) is 27.7 Å². The first-order valence-corrected chi connectivity index (χ1v) is 8.38. The number of esters is 1. The minimum absolute atomic E-state index is 0.161. The summed E-state index contributed by atoms with van der Waals surface area (Å²) in [5, 5.41) is 3.28. The molecule has 0 aromatic rings. The lowest BCUT2D eigenvalue weighted by Crippen LogP contribution is -2.47. The second kappa shape index (κ2) is 13.0. The van der Waals surface area contributed by atoms with Gasteiger partial charge in [0.2, 0.25) is 0 Å². The van der Waals surface area contributed by atoms with Gasteiger partial charge in [0.25, 0.3) is 0 Å². The second-order valence-corrected chi connectivity index (χ2v) is 5.30. The number of hydrogen-bond donors (Lipinski definition) is 1. The topological polar surface area (TPSA) is 44.8 Å². The van der Waals surface area contributed by atoms with Gasteiger partial charge in [0.05, 0.1) is 7.11 Å². The third-order valence-electron chi connectivity index (χ3n) is 3.86. The van der Waals surface area contributed by atoms with E-state index in [-0.39, 0.29) is 12.0 Å². The van der Waals surface area contributed by atoms with Gasteiger partial charge >= 0.3 is 5.97 Å². The minimum atomic E-state index is -0.219. The summed E-state index contributed by atoms with van der Waals surface area (Å²) in [5.74, 6) is -0.161. The van der Waals surface area contributed by atoms with Crippen molar-refractivity contribution in [2.45, 2.75) is 46.6 Å². The Morgan fingerprint density at radius 2 is 1.62 bits per heavy atom. The van der Waals surface area contributed by atoms with Crippen LogP contribution in [0.15, 0.2) is 0 Å². The number of hydrogen-bond acceptors (Lipinski definition) is 5. The summed E-state index contributed by atoms with van der Waals surface area (Å²) < 4.78 is 4.90. The van der Waals surface area contributed by atoms with Gasteiger partial charge in [0.1, 0.15) is 6.04 Å². The molecule has 0 fully saturated rings. The van der Waals surface area contributed by atoms with Gasteiger partial charge < -0.3 is 19.9 Å². The van der Waals surface area contributed by atoms with E-state index < -0.39 is 0 Å². The van der Waals surface area contributed by atoms with E-state index >= 15 is 0 Å². The predicted molar refractivity (Wildman–Crippen MR) is 88.6 cm³/mol. The van der Waals surface area contributed by atoms with Gasteiger partial charge in [-0.2, -0.15) is 0 Å². The third kappa shape index (κ3) is 9.06. The second-order valence-electron chi connectivity index (χ2n) is 5.30. The average Bonchev–Trinajstić information content (AvgIpc) is 2.52. The molecule has 0 aromatic carbocycles. The molecule has 0 rings (SSSR count). The summed E-state index contributed by atoms with van der Waals surface area (Å²) in [6.07, 6.45) is 2.15. The van der Waals surface area contributed by atoms with Crippen LogP contribution in [-0.2, 0) is 9.53 Å². The molecule has 5 heteroatoms. The van der Waals surface area contributed by atoms with Gasteiger partial charge in [-0.3, -0.25) is 4.79 Å². The molecule has 0 aliphatic heterocycles. The Labute approximate surface area is 131 Å². The van der Waals surface area contributed by atoms with E-state index in [1.807, 2.05) is 0 Å². The largest absolute Gasteiger partial charge is 0.468 e. The Morgan fingerprint density at radius 1 is 1.05 bits per heavy atom. The lowest BCUT2D eigenvalue weighted by Gasteiger charge is -2.27. The van der Waals surface area contributed by atoms with Crippen LogP contribution in [0.2, 0.25) is 0 Å². The van der Waals surface area contributed by atoms with E-state index in [0.29, 0.717) is 0 Å². The molecule has 0 heterocycles. The number of carbonyl (C=O) groups is 1. The molecular weight excluding hydrogens is 266 g/mol. The van der Waals surface area contributed by atoms with Gasteiger partial charge in [-0.15, -0.1) is 0 Å². The Hall–Kier alpha value is -0.650. The Balaban J connectivity index is 4.25. The van der Waals surface area contributed by atoms with Crippen LogP contribution in [0.3, 0.4) is 0 Å². The molecule has 0 aromatic heterocycles. The van der Waals surface area contributed by atoms with Crippen LogP contribution in [0.5, 0.6) is 0 Å². The average molecular weight is 301 g/mol. The van der Waals surface area contributed by atoms with E-state index in [0.717, 1.165) is 58.7 Å². The van der Waals surface area contributed by atoms with E-state index in [1.54, 1.807) is 0 Å². The summed E-state index contributed by atoms with van der Waals surface area (Å²) in [5.41, 5.74) is 0. The number of nitrogens with zero attached hydrogens (tertiary/aromatic N) is 2. The van der Waals surface area contributed by atoms with Crippen molar-refractivity contribution in [2.75, 3.05) is 52.9 Å². The zero-order valence-corrected chi connectivity index (χ0v) is 14.7. The minimum Gasteiger partial charge on any atom is -0.468 e. The van der Waals surface area contributed by atoms with Crippen LogP contribution >= 0.6 is 0 Å². The lowest BCUT2D eigenvalue weighted by atomic mass is 10.2. The molecule has 0 aliphatic rings. The van der Waals surface area contributed by atoms with Crippen LogP contribution in [0.4, 0.5) is 0 Å². The molecule has 0 radical (unpaired) electrons. The van der Waals surface area contributed by atoms with Crippen LogP contribution < -0.4 is 5.32 Å². The maximum absolute atomic E-state index is 11.8. The third-order valence-corrected chi connectivity index (χ3v) is 3.86. The van der Waals surface area contributed by atoms with E-state index in [2.05, 4.69) is 42.8 Å². The predicted octanol–water partition coefficient (Wildman–Crippen LogP) is 1.58. The standard InChI is InChI=1S/C16H35N3O2/c1-6-11-17-15(16(20)21-5)14-19(9-4)13-10-12-18(7-2)8-3/h15,17H,6-14H2,1-5H3. The van der Waals surface area contributed by atoms with Crippen molar-refractivity contribution in [3.63, 3.8) is 0 Å². The lowest BCUT2D eigenvalue weighted by molar-refractivity contribution is -0.143. The van der Waals surface area contributed by atoms with Gasteiger partial charge in [0, 0.05) is 6.54 Å². The first-order chi connectivity index (χ1) is 10.1. The SMILES string of the molecule is CCCNC(CN(CC)CCCN(CC)CC)C(=O)OC. The Kier molecular flexibility index (Phi) is 12.6. The summed E-state index contributed by atoms with van der Waals surface area (Å²) in [6.45, 7) is 15.5. The molecule has 0 amide bonds. The van der Waals surface area contributed by atoms with Crippen LogP contribution in [-0.4, -0.2) is 74.7 Å². The fourth-order valence-corrected chi connectivity index (χ4v) is 2.38. The highest BCUT2D eigenvalue weighted by Gasteiger charge is 2.20. The van der Waals surface area contributed by atoms with Crippen molar-refractivity contribution in [1.82, 2.24) is 15.1 Å². The smallest absolute Gasteiger partial charge is 0.324 e. The van der Waals surface area contributed by atoms with Crippen molar-refractivity contribution < 1.29 is 9.53 Å². The highest BCUT2D eigenvalue weighted by molar-refractivity contribution is 5.75. The van der Waals surface area contributed by atoms with Crippen molar-refractivity contribution in [3.8, 4) is 0 Å². The maximum Gasteiger partial charge on any atom is 0.324 e. The quantitative estimate of drug-likeness (QED) is 0.523. The maximum atomic E-state index is 11.8. The summed E-state index contributed by atoms with van der Waals surface area (Å²) in [7, 11) is 1.46. The number of methoxy groups -OCH3 is 1. The number of rotatable bonds is 13. The normalized spacial score (nSPS) is 12.9. The van der Waals surface area contributed by atoms with Gasteiger partial charge in [-0.25, -0.2) is 0 Å². The molecule has 0 bridgehead atoms. The number of likely N-dealkylation sites (N-methyl/N-ethyl adjacent to an activating group) is 1. The molecule has 0 saturated heterocycles. The van der Waals surface area contributed by atoms with Crippen molar-refractivity contribution in [2.24, 2.45) is 0 Å². The highest BCUT2D eigenvalue weighted by Crippen LogP contribution is 1.99. The number of ether oxygens (including phenoxy) is 1. The van der Waals surface area contributed by atoms with Crippen molar-refractivity contribution in [3.05, 3.63) is 0 Å². The molecule has 0 spiro atoms. The summed E-state index contributed by atoms with van der Waals surface area (Å²) in [4.78, 5) is 16.6. The summed E-state index contributed by atoms with van der Waals surface area (Å²) >= 11 is 0. The first-order valence-electron chi connectivity index (χ1n) is 8.38. The highest BCUT2D eigenvalue weighted by atomic mass is 16.5. The molecule has 1 atom stereocenters. The molecule has 5 nitrogen and oxygen atoms in total. The molecule has 126 valence electrons. The Morgan fingerprint density at radius 3 is 2.10 bits per heavy atom. The fraction of sp³-hybridized carbons (Fsp3) is 0.938. The Bertz CT molecular complexity index is 258. The van der Waals surface area contributed by atoms with Crippen molar-refractivity contribution >= 4 is 5.97 Å². The van der Waals surface area contributed by atoms with Gasteiger partial charge in [-0.05, 0) is 52.1 Å². The molecule has 1 unspecified atom stereocenters. The molecule has 21 heavy (non-hydrogen) atoms. The van der Waals surface area contributed by atoms with Crippen molar-refractivity contribution in [1.29, 1.82) is 0 Å². The van der Waals surface area contributed by atoms with Gasteiger partial charge in [0.15, 0.2) is 0 Å². The zero-order chi connectivity index (χ0) is 16.1. The monoisotopic (exact) mass is 301 g/mol. The molecule has 1 N–H and O–H groups in total. The molecule has 0 saturated carbocycles. The number of carbonyl (C=O) groups excluding carboxylic acids is 1. The zero-order valence-electron chi connectivity index (χ0n) is 14.7. The number of nitrogens with one attached hydrogen (secondary N) is 1. The fourth-order valence-electron chi connectivity index (χ4n) is 2.38.